The summed E-state index contributed by atoms with van der Waals surface area (Å²) in [5.74, 6) is 0.418. The van der Waals surface area contributed by atoms with Crippen LogP contribution < -0.4 is 5.32 Å². The molecule has 0 aromatic heterocycles. The van der Waals surface area contributed by atoms with E-state index in [0.29, 0.717) is 17.8 Å². The molecule has 1 heterocycles. The Kier molecular flexibility index (Phi) is 5.03. The van der Waals surface area contributed by atoms with Crippen molar-refractivity contribution in [2.75, 3.05) is 12.4 Å². The van der Waals surface area contributed by atoms with Crippen LogP contribution in [0.15, 0.2) is 36.2 Å². The zero-order chi connectivity index (χ0) is 22.8. The molecule has 0 spiro atoms. The molecule has 2 unspecified atom stereocenters. The van der Waals surface area contributed by atoms with Crippen molar-refractivity contribution in [1.29, 1.82) is 0 Å². The van der Waals surface area contributed by atoms with Crippen LogP contribution in [-0.4, -0.2) is 29.8 Å². The van der Waals surface area contributed by atoms with Crippen LogP contribution in [0.4, 0.5) is 10.1 Å². The summed E-state index contributed by atoms with van der Waals surface area (Å²) in [5, 5.41) is 3.18. The molecule has 1 aliphatic heterocycles. The highest BCUT2D eigenvalue weighted by atomic mass is 19.1. The maximum absolute atomic E-state index is 14.6. The van der Waals surface area contributed by atoms with Crippen LogP contribution in [0.2, 0.25) is 0 Å². The summed E-state index contributed by atoms with van der Waals surface area (Å²) in [4.78, 5) is 27.2. The van der Waals surface area contributed by atoms with E-state index in [1.54, 1.807) is 18.0 Å². The van der Waals surface area contributed by atoms with Gasteiger partial charge in [-0.25, -0.2) is 4.39 Å². The van der Waals surface area contributed by atoms with Gasteiger partial charge < -0.3 is 10.2 Å². The molecule has 3 saturated carbocycles. The number of nitrogens with zero attached hydrogens (tertiary/aromatic N) is 1. The second-order valence-electron chi connectivity index (χ2n) is 11.3. The largest absolute Gasteiger partial charge is 0.336 e. The molecule has 32 heavy (non-hydrogen) atoms. The molecule has 3 aliphatic carbocycles. The van der Waals surface area contributed by atoms with Crippen molar-refractivity contribution < 1.29 is 14.0 Å². The maximum atomic E-state index is 14.6. The molecule has 0 radical (unpaired) electrons. The summed E-state index contributed by atoms with van der Waals surface area (Å²) >= 11 is 0. The molecule has 172 valence electrons. The van der Waals surface area contributed by atoms with E-state index in [4.69, 9.17) is 0 Å². The van der Waals surface area contributed by atoms with Gasteiger partial charge in [-0.2, -0.15) is 0 Å². The molecular weight excluding hydrogens is 403 g/mol. The Morgan fingerprint density at radius 2 is 1.91 bits per heavy atom. The number of hydrogen-bond acceptors (Lipinski definition) is 2. The van der Waals surface area contributed by atoms with Gasteiger partial charge in [0.25, 0.3) is 5.91 Å². The minimum absolute atomic E-state index is 0.0161. The summed E-state index contributed by atoms with van der Waals surface area (Å²) < 4.78 is 14.6. The average Bonchev–Trinajstić information content (AvgIpc) is 3.09. The van der Waals surface area contributed by atoms with Crippen molar-refractivity contribution in [3.8, 4) is 0 Å². The first-order valence-electron chi connectivity index (χ1n) is 12.2. The summed E-state index contributed by atoms with van der Waals surface area (Å²) in [6, 6.07) is 8.07. The number of carbonyl (C=O) groups is 2. The highest BCUT2D eigenvalue weighted by Gasteiger charge is 2.62. The molecule has 1 aromatic carbocycles. The van der Waals surface area contributed by atoms with Crippen LogP contribution in [0.5, 0.6) is 0 Å². The Hall–Kier alpha value is -2.17. The quantitative estimate of drug-likeness (QED) is 0.664. The van der Waals surface area contributed by atoms with Gasteiger partial charge in [0.2, 0.25) is 5.91 Å². The van der Waals surface area contributed by atoms with Crippen LogP contribution in [0, 0.1) is 41.4 Å². The van der Waals surface area contributed by atoms with E-state index in [1.807, 2.05) is 31.2 Å². The Morgan fingerprint density at radius 1 is 1.12 bits per heavy atom. The van der Waals surface area contributed by atoms with Crippen LogP contribution in [0.3, 0.4) is 0 Å². The number of likely N-dealkylation sites (N-methyl/N-ethyl adjacent to an activating group) is 1. The van der Waals surface area contributed by atoms with Crippen LogP contribution in [0.1, 0.15) is 57.9 Å². The molecule has 1 aromatic rings. The summed E-state index contributed by atoms with van der Waals surface area (Å²) in [7, 11) is 1.76. The van der Waals surface area contributed by atoms with Crippen molar-refractivity contribution in [2.45, 2.75) is 65.3 Å². The van der Waals surface area contributed by atoms with E-state index < -0.39 is 11.7 Å². The molecule has 1 N–H and O–H groups in total. The smallest absolute Gasteiger partial charge is 0.282 e. The van der Waals surface area contributed by atoms with E-state index in [2.05, 4.69) is 19.2 Å². The SMILES string of the molecule is Cc1cccc(NC(=O)C2CC[C@H]3[C@@H]4CCC5N(C)C(=O)C(F)=C[C@]5(C)[C@@H]4CC[C@]23C)c1. The number of amides is 2. The Morgan fingerprint density at radius 3 is 2.66 bits per heavy atom. The first kappa shape index (κ1) is 21.7. The molecule has 0 saturated heterocycles. The Balaban J connectivity index is 1.39. The Labute approximate surface area is 190 Å². The van der Waals surface area contributed by atoms with Gasteiger partial charge in [-0.1, -0.05) is 26.0 Å². The minimum Gasteiger partial charge on any atom is -0.336 e. The van der Waals surface area contributed by atoms with E-state index in [0.717, 1.165) is 49.8 Å². The lowest BCUT2D eigenvalue weighted by molar-refractivity contribution is -0.144. The van der Waals surface area contributed by atoms with Crippen molar-refractivity contribution >= 4 is 17.5 Å². The molecule has 0 bridgehead atoms. The van der Waals surface area contributed by atoms with E-state index in [1.165, 1.54) is 0 Å². The normalized spacial score (nSPS) is 40.8. The lowest BCUT2D eigenvalue weighted by Crippen LogP contribution is -2.60. The number of fused-ring (bicyclic) bond motifs is 5. The topological polar surface area (TPSA) is 49.4 Å². The first-order chi connectivity index (χ1) is 15.1. The predicted octanol–water partition coefficient (Wildman–Crippen LogP) is 5.49. The molecule has 2 amide bonds. The molecule has 3 fully saturated rings. The maximum Gasteiger partial charge on any atom is 0.282 e. The van der Waals surface area contributed by atoms with Crippen molar-refractivity contribution in [3.63, 3.8) is 0 Å². The number of halogens is 1. The van der Waals surface area contributed by atoms with Gasteiger partial charge in [-0.15, -0.1) is 0 Å². The number of hydrogen-bond donors (Lipinski definition) is 1. The number of benzene rings is 1. The third-order valence-corrected chi connectivity index (χ3v) is 9.76. The number of rotatable bonds is 2. The van der Waals surface area contributed by atoms with E-state index in [-0.39, 0.29) is 28.7 Å². The fraction of sp³-hybridized carbons (Fsp3) is 0.630. The van der Waals surface area contributed by atoms with Crippen LogP contribution in [0.25, 0.3) is 0 Å². The summed E-state index contributed by atoms with van der Waals surface area (Å²) in [5.41, 5.74) is 1.68. The minimum atomic E-state index is -0.595. The molecule has 5 rings (SSSR count). The van der Waals surface area contributed by atoms with Gasteiger partial charge in [0.15, 0.2) is 5.83 Å². The molecule has 7 atom stereocenters. The van der Waals surface area contributed by atoms with Gasteiger partial charge in [0.1, 0.15) is 0 Å². The third-order valence-electron chi connectivity index (χ3n) is 9.76. The van der Waals surface area contributed by atoms with Crippen molar-refractivity contribution in [2.24, 2.45) is 34.5 Å². The van der Waals surface area contributed by atoms with E-state index >= 15 is 0 Å². The summed E-state index contributed by atoms with van der Waals surface area (Å²) in [6.45, 7) is 6.52. The highest BCUT2D eigenvalue weighted by molar-refractivity contribution is 5.93. The third kappa shape index (κ3) is 3.07. The van der Waals surface area contributed by atoms with Gasteiger partial charge >= 0.3 is 0 Å². The molecule has 4 aliphatic rings. The van der Waals surface area contributed by atoms with Crippen molar-refractivity contribution in [3.05, 3.63) is 41.7 Å². The lowest BCUT2D eigenvalue weighted by Gasteiger charge is -2.60. The van der Waals surface area contributed by atoms with E-state index in [9.17, 15) is 14.0 Å². The fourth-order valence-corrected chi connectivity index (χ4v) is 8.21. The standard InChI is InChI=1S/C27H35FN2O2/c1-16-6-5-7-17(14-16)29-24(31)21-10-9-19-18-8-11-23-27(3,15-22(28)25(32)30(23)4)20(18)12-13-26(19,21)2/h5-7,14-15,18-21,23H,8-13H2,1-4H3,(H,29,31)/t18-,19-,20+,21?,23?,26-,27+/m0/s1. The predicted molar refractivity (Wildman–Crippen MR) is 123 cm³/mol. The van der Waals surface area contributed by atoms with Crippen LogP contribution in [-0.2, 0) is 9.59 Å². The number of carbonyl (C=O) groups excluding carboxylic acids is 2. The highest BCUT2D eigenvalue weighted by Crippen LogP contribution is 2.65. The van der Waals surface area contributed by atoms with Gasteiger partial charge in [0.05, 0.1) is 0 Å². The van der Waals surface area contributed by atoms with Gasteiger partial charge in [0, 0.05) is 30.1 Å². The zero-order valence-corrected chi connectivity index (χ0v) is 19.7. The molecule has 4 nitrogen and oxygen atoms in total. The average molecular weight is 439 g/mol. The summed E-state index contributed by atoms with van der Waals surface area (Å²) in [6.07, 6.45) is 7.58. The number of nitrogens with one attached hydrogen (secondary N) is 1. The first-order valence-corrected chi connectivity index (χ1v) is 12.2. The van der Waals surface area contributed by atoms with Gasteiger partial charge in [-0.05, 0) is 92.4 Å². The zero-order valence-electron chi connectivity index (χ0n) is 19.7. The van der Waals surface area contributed by atoms with Gasteiger partial charge in [-0.3, -0.25) is 9.59 Å². The molecular formula is C27H35FN2O2. The number of anilines is 1. The number of aryl methyl sites for hydroxylation is 1. The van der Waals surface area contributed by atoms with Crippen LogP contribution >= 0.6 is 0 Å². The fourth-order valence-electron chi connectivity index (χ4n) is 8.21. The monoisotopic (exact) mass is 438 g/mol. The second-order valence-corrected chi connectivity index (χ2v) is 11.3. The lowest BCUT2D eigenvalue weighted by atomic mass is 9.47. The van der Waals surface area contributed by atoms with Crippen molar-refractivity contribution in [1.82, 2.24) is 4.90 Å². The second kappa shape index (κ2) is 7.43. The Bertz CT molecular complexity index is 990. The molecule has 5 heteroatoms.